The Balaban J connectivity index is 1.74. The average Bonchev–Trinajstić information content (AvgIpc) is 2.76. The van der Waals surface area contributed by atoms with Crippen LogP contribution in [0.15, 0.2) is 42.5 Å². The Morgan fingerprint density at radius 1 is 1.00 bits per heavy atom. The fourth-order valence-electron chi connectivity index (χ4n) is 5.49. The van der Waals surface area contributed by atoms with Gasteiger partial charge in [-0.25, -0.2) is 0 Å². The summed E-state index contributed by atoms with van der Waals surface area (Å²) >= 11 is 0. The summed E-state index contributed by atoms with van der Waals surface area (Å²) in [6, 6.07) is 16.3. The van der Waals surface area contributed by atoms with Gasteiger partial charge in [-0.05, 0) is 54.4 Å². The molecule has 0 amide bonds. The van der Waals surface area contributed by atoms with E-state index in [1.165, 1.54) is 29.2 Å². The van der Waals surface area contributed by atoms with Crippen LogP contribution in [0.5, 0.6) is 0 Å². The van der Waals surface area contributed by atoms with Gasteiger partial charge in [0, 0.05) is 19.0 Å². The second-order valence-corrected chi connectivity index (χ2v) is 8.85. The molecule has 2 aromatic carbocycles. The molecule has 0 aromatic heterocycles. The quantitative estimate of drug-likeness (QED) is 0.718. The van der Waals surface area contributed by atoms with Crippen LogP contribution in [0.25, 0.3) is 10.8 Å². The third-order valence-corrected chi connectivity index (χ3v) is 6.58. The number of hydrogen-bond donors (Lipinski definition) is 0. The highest BCUT2D eigenvalue weighted by Crippen LogP contribution is 2.53. The summed E-state index contributed by atoms with van der Waals surface area (Å²) in [5.74, 6) is 1.20. The van der Waals surface area contributed by atoms with E-state index in [1.807, 2.05) is 0 Å². The Bertz CT molecular complexity index is 767. The Morgan fingerprint density at radius 2 is 1.71 bits per heavy atom. The first-order chi connectivity index (χ1) is 11.3. The smallest absolute Gasteiger partial charge is 0.0887 e. The lowest BCUT2D eigenvalue weighted by Crippen LogP contribution is -2.48. The number of nitrogens with zero attached hydrogens (tertiary/aromatic N) is 1. The Hall–Kier alpha value is -1.38. The summed E-state index contributed by atoms with van der Waals surface area (Å²) in [5, 5.41) is 4.82. The van der Waals surface area contributed by atoms with Gasteiger partial charge in [0.25, 0.3) is 0 Å². The van der Waals surface area contributed by atoms with Crippen molar-refractivity contribution in [3.05, 3.63) is 48.0 Å². The van der Waals surface area contributed by atoms with Crippen molar-refractivity contribution in [2.75, 3.05) is 7.05 Å². The van der Waals surface area contributed by atoms with Crippen LogP contribution in [0.2, 0.25) is 0 Å². The molecule has 1 aliphatic carbocycles. The first-order valence-corrected chi connectivity index (χ1v) is 9.21. The van der Waals surface area contributed by atoms with Gasteiger partial charge < -0.3 is 0 Å². The van der Waals surface area contributed by atoms with Gasteiger partial charge in [-0.2, -0.15) is 5.06 Å². The van der Waals surface area contributed by atoms with Crippen molar-refractivity contribution in [2.45, 2.75) is 57.6 Å². The summed E-state index contributed by atoms with van der Waals surface area (Å²) in [6.07, 6.45) is 2.41. The van der Waals surface area contributed by atoms with E-state index in [0.717, 1.165) is 0 Å². The second-order valence-electron chi connectivity index (χ2n) is 8.85. The SMILES string of the molecule is CC1CC(C)(c2ccc3ccccc3c2)CC2C1N(C)OC2(C)C. The fraction of sp³-hybridized carbons (Fsp3) is 0.545. The zero-order valence-electron chi connectivity index (χ0n) is 15.5. The maximum Gasteiger partial charge on any atom is 0.0887 e. The molecule has 1 saturated heterocycles. The number of hydrogen-bond acceptors (Lipinski definition) is 2. The van der Waals surface area contributed by atoms with E-state index < -0.39 is 0 Å². The van der Waals surface area contributed by atoms with E-state index in [0.29, 0.717) is 17.9 Å². The highest BCUT2D eigenvalue weighted by atomic mass is 16.7. The van der Waals surface area contributed by atoms with E-state index in [4.69, 9.17) is 4.84 Å². The van der Waals surface area contributed by atoms with Crippen LogP contribution < -0.4 is 0 Å². The van der Waals surface area contributed by atoms with Crippen LogP contribution in [0, 0.1) is 11.8 Å². The molecule has 2 heteroatoms. The summed E-state index contributed by atoms with van der Waals surface area (Å²) in [4.78, 5) is 6.20. The topological polar surface area (TPSA) is 12.5 Å². The summed E-state index contributed by atoms with van der Waals surface area (Å²) in [5.41, 5.74) is 1.62. The van der Waals surface area contributed by atoms with Gasteiger partial charge in [-0.3, -0.25) is 4.84 Å². The molecule has 0 N–H and O–H groups in total. The Morgan fingerprint density at radius 3 is 2.46 bits per heavy atom. The molecule has 1 heterocycles. The molecule has 1 saturated carbocycles. The number of benzene rings is 2. The molecule has 24 heavy (non-hydrogen) atoms. The molecule has 4 unspecified atom stereocenters. The molecule has 2 nitrogen and oxygen atoms in total. The van der Waals surface area contributed by atoms with Gasteiger partial charge in [0.15, 0.2) is 0 Å². The standard InChI is InChI=1S/C22H29NO/c1-15-13-22(4,14-19-20(15)23(5)24-21(19,2)3)18-11-10-16-8-6-7-9-17(16)12-18/h6-12,15,19-20H,13-14H2,1-5H3. The maximum atomic E-state index is 6.20. The van der Waals surface area contributed by atoms with Gasteiger partial charge in [0.05, 0.1) is 5.60 Å². The van der Waals surface area contributed by atoms with Crippen LogP contribution in [-0.2, 0) is 10.3 Å². The monoisotopic (exact) mass is 323 g/mol. The average molecular weight is 323 g/mol. The highest BCUT2D eigenvalue weighted by Gasteiger charge is 2.55. The molecular formula is C22H29NO. The molecule has 128 valence electrons. The molecule has 4 atom stereocenters. The molecule has 0 bridgehead atoms. The summed E-state index contributed by atoms with van der Waals surface area (Å²) in [6.45, 7) is 9.37. The second kappa shape index (κ2) is 5.31. The van der Waals surface area contributed by atoms with E-state index in [9.17, 15) is 0 Å². The molecule has 1 aliphatic heterocycles. The van der Waals surface area contributed by atoms with Gasteiger partial charge in [0.2, 0.25) is 0 Å². The van der Waals surface area contributed by atoms with Crippen molar-refractivity contribution in [1.29, 1.82) is 0 Å². The van der Waals surface area contributed by atoms with Crippen LogP contribution in [-0.4, -0.2) is 23.8 Å². The van der Waals surface area contributed by atoms with Gasteiger partial charge in [-0.1, -0.05) is 56.3 Å². The lowest BCUT2D eigenvalue weighted by atomic mass is 9.59. The Kier molecular flexibility index (Phi) is 3.56. The van der Waals surface area contributed by atoms with Crippen LogP contribution in [0.4, 0.5) is 0 Å². The third kappa shape index (κ3) is 2.39. The lowest BCUT2D eigenvalue weighted by Gasteiger charge is -2.46. The predicted molar refractivity (Wildman–Crippen MR) is 99.9 cm³/mol. The lowest BCUT2D eigenvalue weighted by molar-refractivity contribution is -0.182. The van der Waals surface area contributed by atoms with Crippen LogP contribution in [0.3, 0.4) is 0 Å². The molecule has 0 spiro atoms. The van der Waals surface area contributed by atoms with Crippen molar-refractivity contribution in [3.63, 3.8) is 0 Å². The molecule has 2 aromatic rings. The minimum Gasteiger partial charge on any atom is -0.293 e. The van der Waals surface area contributed by atoms with E-state index in [-0.39, 0.29) is 11.0 Å². The normalized spacial score (nSPS) is 36.0. The van der Waals surface area contributed by atoms with E-state index in [2.05, 4.69) is 82.3 Å². The summed E-state index contributed by atoms with van der Waals surface area (Å²) in [7, 11) is 2.11. The highest BCUT2D eigenvalue weighted by molar-refractivity contribution is 5.83. The fourth-order valence-corrected chi connectivity index (χ4v) is 5.49. The van der Waals surface area contributed by atoms with Crippen LogP contribution in [0.1, 0.15) is 46.1 Å². The first kappa shape index (κ1) is 16.1. The Labute approximate surface area is 145 Å². The molecular weight excluding hydrogens is 294 g/mol. The third-order valence-electron chi connectivity index (χ3n) is 6.58. The minimum absolute atomic E-state index is 0.0772. The van der Waals surface area contributed by atoms with Crippen molar-refractivity contribution in [2.24, 2.45) is 11.8 Å². The molecule has 4 rings (SSSR count). The number of fused-ring (bicyclic) bond motifs is 2. The van der Waals surface area contributed by atoms with Crippen molar-refractivity contribution >= 4 is 10.8 Å². The zero-order valence-corrected chi connectivity index (χ0v) is 15.5. The molecule has 0 radical (unpaired) electrons. The van der Waals surface area contributed by atoms with Gasteiger partial charge in [-0.15, -0.1) is 0 Å². The van der Waals surface area contributed by atoms with E-state index in [1.54, 1.807) is 0 Å². The zero-order chi connectivity index (χ0) is 17.1. The van der Waals surface area contributed by atoms with E-state index >= 15 is 0 Å². The number of hydroxylamine groups is 2. The van der Waals surface area contributed by atoms with Crippen molar-refractivity contribution in [3.8, 4) is 0 Å². The van der Waals surface area contributed by atoms with Crippen molar-refractivity contribution < 1.29 is 4.84 Å². The summed E-state index contributed by atoms with van der Waals surface area (Å²) < 4.78 is 0. The molecule has 2 aliphatic rings. The first-order valence-electron chi connectivity index (χ1n) is 9.21. The van der Waals surface area contributed by atoms with Gasteiger partial charge in [0.1, 0.15) is 0 Å². The minimum atomic E-state index is -0.0772. The van der Waals surface area contributed by atoms with Crippen LogP contribution >= 0.6 is 0 Å². The maximum absolute atomic E-state index is 6.20. The van der Waals surface area contributed by atoms with Gasteiger partial charge >= 0.3 is 0 Å². The molecule has 2 fully saturated rings. The largest absolute Gasteiger partial charge is 0.293 e. The number of rotatable bonds is 1. The predicted octanol–water partition coefficient (Wildman–Crippen LogP) is 5.17. The van der Waals surface area contributed by atoms with Crippen molar-refractivity contribution in [1.82, 2.24) is 5.06 Å².